The van der Waals surface area contributed by atoms with Crippen LogP contribution in [0.2, 0.25) is 0 Å². The maximum absolute atomic E-state index is 14.3. The Labute approximate surface area is 299 Å². The lowest BCUT2D eigenvalue weighted by atomic mass is 9.92. The van der Waals surface area contributed by atoms with Gasteiger partial charge < -0.3 is 33.7 Å². The lowest BCUT2D eigenvalue weighted by Crippen LogP contribution is -2.65. The molecule has 4 aromatic carbocycles. The van der Waals surface area contributed by atoms with Crippen molar-refractivity contribution < 1.29 is 33.2 Å². The first-order chi connectivity index (χ1) is 24.8. The molecule has 0 aliphatic carbocycles. The molecule has 0 amide bonds. The van der Waals surface area contributed by atoms with Crippen molar-refractivity contribution in [2.45, 2.75) is 82.9 Å². The van der Waals surface area contributed by atoms with E-state index in [-0.39, 0.29) is 19.8 Å². The maximum Gasteiger partial charge on any atom is 0.331 e. The van der Waals surface area contributed by atoms with E-state index in [0.717, 1.165) is 22.1 Å². The summed E-state index contributed by atoms with van der Waals surface area (Å²) in [6.45, 7) is 6.29. The second-order valence-electron chi connectivity index (χ2n) is 13.5. The fraction of sp³-hybridized carbons (Fsp3) is 0.333. The SMILES string of the molecule is CO[C@H]1O[C@H]([C@H](Nc2cccc3cccnc23)C(=O)OC(C)(C)C)[C@@H](OCc2ccccc2)[C@H](OCc2ccccc2)[C@H]1OCc1ccccc1. The summed E-state index contributed by atoms with van der Waals surface area (Å²) in [5.74, 6) is -0.519. The number of hydrogen-bond donors (Lipinski definition) is 1. The molecule has 1 aliphatic rings. The van der Waals surface area contributed by atoms with Gasteiger partial charge in [-0.05, 0) is 49.6 Å². The van der Waals surface area contributed by atoms with E-state index in [0.29, 0.717) is 11.2 Å². The van der Waals surface area contributed by atoms with Gasteiger partial charge in [-0.15, -0.1) is 0 Å². The normalized spacial score (nSPS) is 21.2. The summed E-state index contributed by atoms with van der Waals surface area (Å²) in [7, 11) is 1.56. The number of methoxy groups -OCH3 is 1. The van der Waals surface area contributed by atoms with Crippen LogP contribution in [0.5, 0.6) is 0 Å². The molecule has 2 heterocycles. The van der Waals surface area contributed by atoms with Crippen LogP contribution in [0.15, 0.2) is 128 Å². The highest BCUT2D eigenvalue weighted by atomic mass is 16.7. The summed E-state index contributed by atoms with van der Waals surface area (Å²) in [6.07, 6.45) is -2.44. The Hall–Kier alpha value is -4.64. The van der Waals surface area contributed by atoms with Gasteiger partial charge in [0.25, 0.3) is 0 Å². The average molecular weight is 691 g/mol. The molecule has 9 nitrogen and oxygen atoms in total. The Balaban J connectivity index is 1.42. The Morgan fingerprint density at radius 3 is 1.78 bits per heavy atom. The largest absolute Gasteiger partial charge is 0.458 e. The number of pyridine rings is 1. The van der Waals surface area contributed by atoms with Gasteiger partial charge >= 0.3 is 5.97 Å². The molecule has 1 N–H and O–H groups in total. The van der Waals surface area contributed by atoms with Gasteiger partial charge in [-0.2, -0.15) is 0 Å². The second-order valence-corrected chi connectivity index (χ2v) is 13.5. The molecule has 51 heavy (non-hydrogen) atoms. The van der Waals surface area contributed by atoms with E-state index in [9.17, 15) is 4.79 Å². The molecule has 0 radical (unpaired) electrons. The second kappa shape index (κ2) is 17.0. The number of rotatable bonds is 14. The molecular weight excluding hydrogens is 644 g/mol. The molecule has 0 spiro atoms. The van der Waals surface area contributed by atoms with Crippen molar-refractivity contribution in [3.05, 3.63) is 144 Å². The number of benzene rings is 4. The van der Waals surface area contributed by atoms with Gasteiger partial charge in [-0.1, -0.05) is 109 Å². The highest BCUT2D eigenvalue weighted by molar-refractivity contribution is 5.92. The molecule has 266 valence electrons. The minimum absolute atomic E-state index is 0.233. The first kappa shape index (κ1) is 36.2. The van der Waals surface area contributed by atoms with Gasteiger partial charge in [0.2, 0.25) is 0 Å². The fourth-order valence-corrected chi connectivity index (χ4v) is 6.18. The molecule has 0 unspecified atom stereocenters. The monoisotopic (exact) mass is 690 g/mol. The third-order valence-electron chi connectivity index (χ3n) is 8.55. The van der Waals surface area contributed by atoms with Crippen molar-refractivity contribution in [2.75, 3.05) is 12.4 Å². The third-order valence-corrected chi connectivity index (χ3v) is 8.55. The van der Waals surface area contributed by atoms with Crippen LogP contribution in [0.1, 0.15) is 37.5 Å². The van der Waals surface area contributed by atoms with Crippen molar-refractivity contribution in [2.24, 2.45) is 0 Å². The van der Waals surface area contributed by atoms with Crippen molar-refractivity contribution in [3.8, 4) is 0 Å². The number of esters is 1. The number of carbonyl (C=O) groups is 1. The molecule has 1 aliphatic heterocycles. The molecule has 0 bridgehead atoms. The van der Waals surface area contributed by atoms with Crippen LogP contribution in [-0.2, 0) is 53.0 Å². The number of aromatic nitrogens is 1. The van der Waals surface area contributed by atoms with E-state index in [2.05, 4.69) is 10.3 Å². The van der Waals surface area contributed by atoms with Gasteiger partial charge in [0.1, 0.15) is 30.0 Å². The standard InChI is InChI=1S/C42H46N2O7/c1-42(2,3)51-40(45)35(44-33-24-14-22-32-23-15-25-43-34(32)33)36-37(47-26-29-16-8-5-9-17-29)38(48-27-30-18-10-6-11-19-30)39(41(46-4)50-36)49-28-31-20-12-7-13-21-31/h5-25,35-39,41,44H,26-28H2,1-4H3/t35-,36+,37+,38-,39+,41-/m0/s1. The number of nitrogens with zero attached hydrogens (tertiary/aromatic N) is 1. The van der Waals surface area contributed by atoms with Gasteiger partial charge in [0.05, 0.1) is 31.0 Å². The fourth-order valence-electron chi connectivity index (χ4n) is 6.18. The Morgan fingerprint density at radius 1 is 0.706 bits per heavy atom. The van der Waals surface area contributed by atoms with Gasteiger partial charge in [0.15, 0.2) is 12.3 Å². The molecule has 1 saturated heterocycles. The van der Waals surface area contributed by atoms with Crippen molar-refractivity contribution in [1.29, 1.82) is 0 Å². The van der Waals surface area contributed by atoms with Crippen LogP contribution in [-0.4, -0.2) is 60.4 Å². The Morgan fingerprint density at radius 2 is 1.24 bits per heavy atom. The number of nitrogens with one attached hydrogen (secondary N) is 1. The zero-order chi connectivity index (χ0) is 35.6. The first-order valence-corrected chi connectivity index (χ1v) is 17.3. The van der Waals surface area contributed by atoms with Crippen molar-refractivity contribution >= 4 is 22.6 Å². The molecule has 6 rings (SSSR count). The zero-order valence-electron chi connectivity index (χ0n) is 29.5. The number of fused-ring (bicyclic) bond motifs is 1. The molecule has 0 saturated carbocycles. The van der Waals surface area contributed by atoms with Crippen LogP contribution in [0.3, 0.4) is 0 Å². The number of hydrogen-bond acceptors (Lipinski definition) is 9. The Kier molecular flexibility index (Phi) is 12.1. The summed E-state index contributed by atoms with van der Waals surface area (Å²) in [5.41, 5.74) is 3.47. The average Bonchev–Trinajstić information content (AvgIpc) is 3.15. The summed E-state index contributed by atoms with van der Waals surface area (Å²) >= 11 is 0. The molecule has 9 heteroatoms. The minimum Gasteiger partial charge on any atom is -0.458 e. The highest BCUT2D eigenvalue weighted by Gasteiger charge is 2.53. The predicted octanol–water partition coefficient (Wildman–Crippen LogP) is 7.48. The lowest BCUT2D eigenvalue weighted by molar-refractivity contribution is -0.319. The Bertz CT molecular complexity index is 1810. The van der Waals surface area contributed by atoms with Crippen LogP contribution in [0, 0.1) is 0 Å². The van der Waals surface area contributed by atoms with E-state index < -0.39 is 48.3 Å². The van der Waals surface area contributed by atoms with Crippen LogP contribution < -0.4 is 5.32 Å². The van der Waals surface area contributed by atoms with E-state index in [1.165, 1.54) is 0 Å². The van der Waals surface area contributed by atoms with Crippen LogP contribution in [0.4, 0.5) is 5.69 Å². The van der Waals surface area contributed by atoms with E-state index in [1.54, 1.807) is 13.3 Å². The zero-order valence-corrected chi connectivity index (χ0v) is 29.5. The molecule has 1 fully saturated rings. The molecule has 5 aromatic rings. The van der Waals surface area contributed by atoms with Crippen molar-refractivity contribution in [3.63, 3.8) is 0 Å². The summed E-state index contributed by atoms with van der Waals surface area (Å²) in [4.78, 5) is 19.0. The van der Waals surface area contributed by atoms with E-state index >= 15 is 0 Å². The van der Waals surface area contributed by atoms with Crippen LogP contribution >= 0.6 is 0 Å². The highest BCUT2D eigenvalue weighted by Crippen LogP contribution is 2.34. The van der Waals surface area contributed by atoms with Gasteiger partial charge in [-0.25, -0.2) is 4.79 Å². The van der Waals surface area contributed by atoms with Crippen molar-refractivity contribution in [1.82, 2.24) is 4.98 Å². The number of anilines is 1. The predicted molar refractivity (Wildman–Crippen MR) is 196 cm³/mol. The summed E-state index contributed by atoms with van der Waals surface area (Å²) in [6, 6.07) is 38.2. The minimum atomic E-state index is -1.06. The topological polar surface area (TPSA) is 97.4 Å². The lowest BCUT2D eigenvalue weighted by Gasteiger charge is -2.47. The molecular formula is C42H46N2O7. The summed E-state index contributed by atoms with van der Waals surface area (Å²) in [5, 5.41) is 4.38. The first-order valence-electron chi connectivity index (χ1n) is 17.3. The smallest absolute Gasteiger partial charge is 0.331 e. The number of para-hydroxylation sites is 1. The number of carbonyl (C=O) groups excluding carboxylic acids is 1. The van der Waals surface area contributed by atoms with E-state index in [1.807, 2.05) is 142 Å². The van der Waals surface area contributed by atoms with Gasteiger partial charge in [0, 0.05) is 18.7 Å². The van der Waals surface area contributed by atoms with E-state index in [4.69, 9.17) is 28.4 Å². The quantitative estimate of drug-likeness (QED) is 0.119. The van der Waals surface area contributed by atoms with Crippen LogP contribution in [0.25, 0.3) is 10.9 Å². The number of ether oxygens (including phenoxy) is 6. The maximum atomic E-state index is 14.3. The molecule has 1 aromatic heterocycles. The van der Waals surface area contributed by atoms with Gasteiger partial charge in [-0.3, -0.25) is 4.98 Å². The molecule has 6 atom stereocenters. The summed E-state index contributed by atoms with van der Waals surface area (Å²) < 4.78 is 39.0. The third kappa shape index (κ3) is 9.58.